The first-order valence-electron chi connectivity index (χ1n) is 18.2. The Kier molecular flexibility index (Phi) is 8.66. The van der Waals surface area contributed by atoms with Crippen LogP contribution in [0.2, 0.25) is 0 Å². The minimum atomic E-state index is 1.08. The third kappa shape index (κ3) is 6.42. The predicted molar refractivity (Wildman–Crippen MR) is 226 cm³/mol. The maximum absolute atomic E-state index is 2.46. The van der Waals surface area contributed by atoms with Crippen LogP contribution in [-0.4, -0.2) is 0 Å². The molecule has 0 unspecified atom stereocenters. The molecule has 0 aliphatic carbocycles. The third-order valence-corrected chi connectivity index (χ3v) is 10.1. The molecular formula is C52H37N. The van der Waals surface area contributed by atoms with Gasteiger partial charge < -0.3 is 4.90 Å². The Morgan fingerprint density at radius 3 is 1.40 bits per heavy atom. The molecule has 53 heavy (non-hydrogen) atoms. The minimum Gasteiger partial charge on any atom is -0.309 e. The zero-order valence-electron chi connectivity index (χ0n) is 29.3. The van der Waals surface area contributed by atoms with Crippen LogP contribution < -0.4 is 4.90 Å². The summed E-state index contributed by atoms with van der Waals surface area (Å²) < 4.78 is 0. The van der Waals surface area contributed by atoms with Crippen LogP contribution in [0.1, 0.15) is 0 Å². The Labute approximate surface area is 311 Å². The zero-order chi connectivity index (χ0) is 35.4. The Morgan fingerprint density at radius 2 is 0.736 bits per heavy atom. The standard InChI is InChI=1S/C52H37N/c1-5-16-38(17-6-1)40-28-32-46(33-29-40)53(51-35-31-44(39-18-7-2-8-19-39)36-50(51)43-22-11-4-12-23-43)52-37-45(30-34-49(52)42-20-9-3-10-21-42)48-27-15-25-41-24-13-14-26-47(41)48/h1-37H. The number of anilines is 3. The van der Waals surface area contributed by atoms with Crippen molar-refractivity contribution in [3.63, 3.8) is 0 Å². The van der Waals surface area contributed by atoms with Crippen molar-refractivity contribution >= 4 is 27.8 Å². The van der Waals surface area contributed by atoms with Gasteiger partial charge in [0.2, 0.25) is 0 Å². The Balaban J connectivity index is 1.33. The molecule has 0 radical (unpaired) electrons. The van der Waals surface area contributed by atoms with Crippen LogP contribution in [-0.2, 0) is 0 Å². The van der Waals surface area contributed by atoms with E-state index in [1.165, 1.54) is 49.7 Å². The molecule has 250 valence electrons. The molecule has 0 saturated carbocycles. The van der Waals surface area contributed by atoms with E-state index in [1.54, 1.807) is 0 Å². The monoisotopic (exact) mass is 675 g/mol. The van der Waals surface area contributed by atoms with Gasteiger partial charge in [0.25, 0.3) is 0 Å². The van der Waals surface area contributed by atoms with E-state index >= 15 is 0 Å². The Hall–Kier alpha value is -6.96. The van der Waals surface area contributed by atoms with Crippen molar-refractivity contribution in [1.29, 1.82) is 0 Å². The second-order valence-corrected chi connectivity index (χ2v) is 13.3. The fourth-order valence-electron chi connectivity index (χ4n) is 7.45. The molecule has 0 bridgehead atoms. The second kappa shape index (κ2) is 14.3. The first-order valence-corrected chi connectivity index (χ1v) is 18.2. The lowest BCUT2D eigenvalue weighted by Crippen LogP contribution is -2.13. The summed E-state index contributed by atoms with van der Waals surface area (Å²) in [6.07, 6.45) is 0. The summed E-state index contributed by atoms with van der Waals surface area (Å²) in [6.45, 7) is 0. The highest BCUT2D eigenvalue weighted by molar-refractivity contribution is 6.00. The van der Waals surface area contributed by atoms with Crippen LogP contribution in [0.4, 0.5) is 17.1 Å². The second-order valence-electron chi connectivity index (χ2n) is 13.3. The lowest BCUT2D eigenvalue weighted by atomic mass is 9.92. The van der Waals surface area contributed by atoms with Gasteiger partial charge in [-0.25, -0.2) is 0 Å². The van der Waals surface area contributed by atoms with E-state index in [9.17, 15) is 0 Å². The number of rotatable bonds is 8. The zero-order valence-corrected chi connectivity index (χ0v) is 29.3. The van der Waals surface area contributed by atoms with Crippen molar-refractivity contribution in [3.05, 3.63) is 224 Å². The van der Waals surface area contributed by atoms with Crippen LogP contribution in [0.5, 0.6) is 0 Å². The van der Waals surface area contributed by atoms with Crippen LogP contribution in [0.3, 0.4) is 0 Å². The van der Waals surface area contributed by atoms with Crippen LogP contribution >= 0.6 is 0 Å². The van der Waals surface area contributed by atoms with Gasteiger partial charge in [-0.1, -0.05) is 194 Å². The topological polar surface area (TPSA) is 3.24 Å². The average Bonchev–Trinajstić information content (AvgIpc) is 3.25. The summed E-state index contributed by atoms with van der Waals surface area (Å²) in [6, 6.07) is 81.0. The Morgan fingerprint density at radius 1 is 0.245 bits per heavy atom. The molecule has 9 aromatic rings. The SMILES string of the molecule is c1ccc(-c2ccc(N(c3ccc(-c4ccccc4)cc3-c3ccccc3)c3cc(-c4cccc5ccccc45)ccc3-c3ccccc3)cc2)cc1. The van der Waals surface area contributed by atoms with Crippen LogP contribution in [0, 0.1) is 0 Å². The number of fused-ring (bicyclic) bond motifs is 1. The van der Waals surface area contributed by atoms with E-state index in [2.05, 4.69) is 229 Å². The van der Waals surface area contributed by atoms with Gasteiger partial charge in [-0.05, 0) is 85.6 Å². The minimum absolute atomic E-state index is 1.08. The summed E-state index contributed by atoms with van der Waals surface area (Å²) in [5.41, 5.74) is 15.1. The highest BCUT2D eigenvalue weighted by atomic mass is 15.1. The van der Waals surface area contributed by atoms with E-state index in [4.69, 9.17) is 0 Å². The van der Waals surface area contributed by atoms with Crippen molar-refractivity contribution in [2.75, 3.05) is 4.90 Å². The normalized spacial score (nSPS) is 11.0. The van der Waals surface area contributed by atoms with Crippen molar-refractivity contribution in [3.8, 4) is 55.6 Å². The van der Waals surface area contributed by atoms with Gasteiger partial charge in [0.15, 0.2) is 0 Å². The summed E-state index contributed by atoms with van der Waals surface area (Å²) in [4.78, 5) is 2.46. The van der Waals surface area contributed by atoms with Gasteiger partial charge in [-0.15, -0.1) is 0 Å². The molecule has 1 heteroatoms. The van der Waals surface area contributed by atoms with E-state index in [0.717, 1.165) is 33.8 Å². The number of nitrogens with zero attached hydrogens (tertiary/aromatic N) is 1. The number of benzene rings is 9. The van der Waals surface area contributed by atoms with E-state index in [0.29, 0.717) is 0 Å². The quantitative estimate of drug-likeness (QED) is 0.155. The summed E-state index contributed by atoms with van der Waals surface area (Å²) in [7, 11) is 0. The molecule has 1 nitrogen and oxygen atoms in total. The summed E-state index contributed by atoms with van der Waals surface area (Å²) in [5.74, 6) is 0. The molecule has 0 spiro atoms. The molecule has 0 amide bonds. The molecular weight excluding hydrogens is 639 g/mol. The summed E-state index contributed by atoms with van der Waals surface area (Å²) in [5, 5.41) is 2.47. The van der Waals surface area contributed by atoms with Crippen molar-refractivity contribution < 1.29 is 0 Å². The molecule has 0 aliphatic rings. The fourth-order valence-corrected chi connectivity index (χ4v) is 7.45. The number of hydrogen-bond donors (Lipinski definition) is 0. The van der Waals surface area contributed by atoms with Crippen molar-refractivity contribution in [2.24, 2.45) is 0 Å². The third-order valence-electron chi connectivity index (χ3n) is 10.1. The van der Waals surface area contributed by atoms with E-state index < -0.39 is 0 Å². The van der Waals surface area contributed by atoms with Gasteiger partial charge in [0, 0.05) is 16.8 Å². The van der Waals surface area contributed by atoms with Gasteiger partial charge in [-0.3, -0.25) is 0 Å². The largest absolute Gasteiger partial charge is 0.309 e. The maximum Gasteiger partial charge on any atom is 0.0546 e. The molecule has 0 atom stereocenters. The lowest BCUT2D eigenvalue weighted by molar-refractivity contribution is 1.28. The maximum atomic E-state index is 2.46. The molecule has 0 saturated heterocycles. The lowest BCUT2D eigenvalue weighted by Gasteiger charge is -2.31. The number of hydrogen-bond acceptors (Lipinski definition) is 1. The van der Waals surface area contributed by atoms with E-state index in [-0.39, 0.29) is 0 Å². The average molecular weight is 676 g/mol. The van der Waals surface area contributed by atoms with Gasteiger partial charge in [-0.2, -0.15) is 0 Å². The first kappa shape index (κ1) is 32.0. The molecule has 0 aliphatic heterocycles. The first-order chi connectivity index (χ1) is 26.3. The van der Waals surface area contributed by atoms with Gasteiger partial charge >= 0.3 is 0 Å². The molecule has 9 rings (SSSR count). The van der Waals surface area contributed by atoms with Crippen LogP contribution in [0.25, 0.3) is 66.4 Å². The fraction of sp³-hybridized carbons (Fsp3) is 0. The molecule has 9 aromatic carbocycles. The van der Waals surface area contributed by atoms with Gasteiger partial charge in [0.1, 0.15) is 0 Å². The highest BCUT2D eigenvalue weighted by Crippen LogP contribution is 2.47. The van der Waals surface area contributed by atoms with Crippen molar-refractivity contribution in [2.45, 2.75) is 0 Å². The predicted octanol–water partition coefficient (Wildman–Crippen LogP) is 14.6. The van der Waals surface area contributed by atoms with E-state index in [1.807, 2.05) is 0 Å². The van der Waals surface area contributed by atoms with Crippen LogP contribution in [0.15, 0.2) is 224 Å². The molecule has 0 heterocycles. The summed E-state index contributed by atoms with van der Waals surface area (Å²) >= 11 is 0. The van der Waals surface area contributed by atoms with Crippen molar-refractivity contribution in [1.82, 2.24) is 0 Å². The van der Waals surface area contributed by atoms with Gasteiger partial charge in [0.05, 0.1) is 11.4 Å². The molecule has 0 fully saturated rings. The highest BCUT2D eigenvalue weighted by Gasteiger charge is 2.22. The smallest absolute Gasteiger partial charge is 0.0546 e. The molecule has 0 N–H and O–H groups in total. The Bertz CT molecular complexity index is 2620. The molecule has 0 aromatic heterocycles.